The van der Waals surface area contributed by atoms with Crippen molar-refractivity contribution in [1.82, 2.24) is 9.88 Å². The molecule has 0 spiro atoms. The first kappa shape index (κ1) is 15.9. The Kier molecular flexibility index (Phi) is 4.58. The number of hydrogen-bond acceptors (Lipinski definition) is 5. The van der Waals surface area contributed by atoms with Gasteiger partial charge in [-0.25, -0.2) is 4.79 Å². The Bertz CT molecular complexity index is 531. The maximum atomic E-state index is 12.1. The van der Waals surface area contributed by atoms with Gasteiger partial charge in [0, 0.05) is 6.54 Å². The fraction of sp³-hybridized carbons (Fsp3) is 0.571. The average Bonchev–Trinajstić information content (AvgIpc) is 2.37. The van der Waals surface area contributed by atoms with Crippen LogP contribution < -0.4 is 5.73 Å². The van der Waals surface area contributed by atoms with E-state index in [0.717, 1.165) is 0 Å². The number of hydrogen-bond donors (Lipinski definition) is 1. The Morgan fingerprint density at radius 1 is 1.57 bits per heavy atom. The lowest BCUT2D eigenvalue weighted by Gasteiger charge is -2.34. The summed E-state index contributed by atoms with van der Waals surface area (Å²) < 4.78 is 11.0. The fourth-order valence-electron chi connectivity index (χ4n) is 2.01. The van der Waals surface area contributed by atoms with Crippen molar-refractivity contribution in [2.24, 2.45) is 0 Å². The molecule has 1 atom stereocenters. The second-order valence-electron chi connectivity index (χ2n) is 5.92. The Morgan fingerprint density at radius 3 is 2.90 bits per heavy atom. The number of carbonyl (C=O) groups excluding carboxylic acids is 1. The smallest absolute Gasteiger partial charge is 0.410 e. The van der Waals surface area contributed by atoms with Gasteiger partial charge in [-0.15, -0.1) is 0 Å². The quantitative estimate of drug-likeness (QED) is 0.862. The fourth-order valence-corrected chi connectivity index (χ4v) is 2.30. The van der Waals surface area contributed by atoms with Crippen molar-refractivity contribution in [2.45, 2.75) is 32.5 Å². The third-order valence-corrected chi connectivity index (χ3v) is 3.22. The molecule has 1 aromatic rings. The monoisotopic (exact) mass is 313 g/mol. The first-order valence-electron chi connectivity index (χ1n) is 6.77. The third-order valence-electron chi connectivity index (χ3n) is 2.91. The van der Waals surface area contributed by atoms with Crippen LogP contribution in [-0.2, 0) is 9.47 Å². The third kappa shape index (κ3) is 4.22. The van der Waals surface area contributed by atoms with Crippen LogP contribution in [0.25, 0.3) is 0 Å². The predicted molar refractivity (Wildman–Crippen MR) is 80.2 cm³/mol. The molecule has 2 N–H and O–H groups in total. The number of amides is 1. The van der Waals surface area contributed by atoms with Gasteiger partial charge in [-0.3, -0.25) is 4.98 Å². The molecule has 21 heavy (non-hydrogen) atoms. The first-order valence-corrected chi connectivity index (χ1v) is 7.14. The molecule has 116 valence electrons. The number of rotatable bonds is 1. The largest absolute Gasteiger partial charge is 0.444 e. The predicted octanol–water partition coefficient (Wildman–Crippen LogP) is 2.63. The van der Waals surface area contributed by atoms with Gasteiger partial charge in [0.05, 0.1) is 35.8 Å². The first-order chi connectivity index (χ1) is 9.76. The minimum Gasteiger partial charge on any atom is -0.444 e. The molecule has 1 aromatic heterocycles. The van der Waals surface area contributed by atoms with E-state index in [-0.39, 0.29) is 12.2 Å². The van der Waals surface area contributed by atoms with Crippen LogP contribution in [0.1, 0.15) is 32.6 Å². The van der Waals surface area contributed by atoms with E-state index in [1.165, 1.54) is 6.20 Å². The topological polar surface area (TPSA) is 77.7 Å². The van der Waals surface area contributed by atoms with Gasteiger partial charge in [0.1, 0.15) is 11.7 Å². The summed E-state index contributed by atoms with van der Waals surface area (Å²) >= 11 is 6.14. The number of nitrogen functional groups attached to an aromatic ring is 1. The summed E-state index contributed by atoms with van der Waals surface area (Å²) in [7, 11) is 0. The molecule has 2 heterocycles. The second kappa shape index (κ2) is 6.07. The SMILES string of the molecule is CC(C)(C)OC(=O)N1CCOC(c2ncc(N)cc2Cl)C1. The molecule has 1 aliphatic heterocycles. The zero-order chi connectivity index (χ0) is 15.6. The number of halogens is 1. The van der Waals surface area contributed by atoms with E-state index >= 15 is 0 Å². The molecule has 0 aromatic carbocycles. The number of anilines is 1. The molecule has 1 aliphatic rings. The summed E-state index contributed by atoms with van der Waals surface area (Å²) in [4.78, 5) is 17.9. The zero-order valence-corrected chi connectivity index (χ0v) is 13.2. The highest BCUT2D eigenvalue weighted by molar-refractivity contribution is 6.31. The van der Waals surface area contributed by atoms with Gasteiger partial charge in [0.15, 0.2) is 0 Å². The van der Waals surface area contributed by atoms with E-state index in [2.05, 4.69) is 4.98 Å². The summed E-state index contributed by atoms with van der Waals surface area (Å²) in [6.07, 6.45) is 0.790. The van der Waals surface area contributed by atoms with Crippen LogP contribution in [0.2, 0.25) is 5.02 Å². The van der Waals surface area contributed by atoms with Crippen molar-refractivity contribution in [3.05, 3.63) is 23.0 Å². The summed E-state index contributed by atoms with van der Waals surface area (Å²) in [5, 5.41) is 0.436. The van der Waals surface area contributed by atoms with Crippen molar-refractivity contribution in [3.63, 3.8) is 0 Å². The van der Waals surface area contributed by atoms with Crippen LogP contribution in [0.5, 0.6) is 0 Å². The summed E-state index contributed by atoms with van der Waals surface area (Å²) in [6, 6.07) is 1.62. The summed E-state index contributed by atoms with van der Waals surface area (Å²) in [5.41, 5.74) is 6.18. The highest BCUT2D eigenvalue weighted by atomic mass is 35.5. The lowest BCUT2D eigenvalue weighted by Crippen LogP contribution is -2.44. The molecular formula is C14H20ClN3O3. The summed E-state index contributed by atoms with van der Waals surface area (Å²) in [6.45, 7) is 6.75. The van der Waals surface area contributed by atoms with E-state index < -0.39 is 5.60 Å². The summed E-state index contributed by atoms with van der Waals surface area (Å²) in [5.74, 6) is 0. The molecule has 7 heteroatoms. The molecule has 1 amide bonds. The number of pyridine rings is 1. The van der Waals surface area contributed by atoms with Gasteiger partial charge < -0.3 is 20.1 Å². The molecule has 6 nitrogen and oxygen atoms in total. The Hall–Kier alpha value is -1.53. The number of nitrogens with zero attached hydrogens (tertiary/aromatic N) is 2. The lowest BCUT2D eigenvalue weighted by molar-refractivity contribution is -0.0446. The van der Waals surface area contributed by atoms with E-state index in [0.29, 0.717) is 36.1 Å². The normalized spacial score (nSPS) is 19.4. The van der Waals surface area contributed by atoms with Crippen LogP contribution in [0, 0.1) is 0 Å². The van der Waals surface area contributed by atoms with Gasteiger partial charge in [-0.2, -0.15) is 0 Å². The Labute approximate surface area is 129 Å². The number of aromatic nitrogens is 1. The van der Waals surface area contributed by atoms with Gasteiger partial charge in [-0.05, 0) is 26.8 Å². The zero-order valence-electron chi connectivity index (χ0n) is 12.4. The molecule has 0 aliphatic carbocycles. The standard InChI is InChI=1S/C14H20ClN3O3/c1-14(2,3)21-13(19)18-4-5-20-11(8-18)12-10(15)6-9(16)7-17-12/h6-7,11H,4-5,8,16H2,1-3H3. The van der Waals surface area contributed by atoms with Crippen LogP contribution in [0.3, 0.4) is 0 Å². The number of carbonyl (C=O) groups is 1. The molecule has 0 bridgehead atoms. The Morgan fingerprint density at radius 2 is 2.29 bits per heavy atom. The average molecular weight is 314 g/mol. The Balaban J connectivity index is 2.08. The lowest BCUT2D eigenvalue weighted by atomic mass is 10.2. The van der Waals surface area contributed by atoms with E-state index in [4.69, 9.17) is 26.8 Å². The molecule has 1 fully saturated rings. The minimum absolute atomic E-state index is 0.353. The molecule has 2 rings (SSSR count). The minimum atomic E-state index is -0.526. The second-order valence-corrected chi connectivity index (χ2v) is 6.33. The number of morpholine rings is 1. The number of ether oxygens (including phenoxy) is 2. The van der Waals surface area contributed by atoms with Crippen molar-refractivity contribution in [1.29, 1.82) is 0 Å². The van der Waals surface area contributed by atoms with Crippen molar-refractivity contribution in [3.8, 4) is 0 Å². The van der Waals surface area contributed by atoms with Crippen LogP contribution in [0.15, 0.2) is 12.3 Å². The maximum Gasteiger partial charge on any atom is 0.410 e. The maximum absolute atomic E-state index is 12.1. The van der Waals surface area contributed by atoms with Gasteiger partial charge in [0.25, 0.3) is 0 Å². The van der Waals surface area contributed by atoms with Crippen LogP contribution in [0.4, 0.5) is 10.5 Å². The molecule has 1 unspecified atom stereocenters. The van der Waals surface area contributed by atoms with Crippen LogP contribution in [-0.4, -0.2) is 41.3 Å². The van der Waals surface area contributed by atoms with Gasteiger partial charge in [0.2, 0.25) is 0 Å². The number of nitrogens with two attached hydrogens (primary N) is 1. The van der Waals surface area contributed by atoms with E-state index in [1.807, 2.05) is 20.8 Å². The molecule has 0 saturated carbocycles. The van der Waals surface area contributed by atoms with E-state index in [9.17, 15) is 4.79 Å². The molecule has 0 radical (unpaired) electrons. The highest BCUT2D eigenvalue weighted by Crippen LogP contribution is 2.28. The van der Waals surface area contributed by atoms with Crippen molar-refractivity contribution in [2.75, 3.05) is 25.4 Å². The molecular weight excluding hydrogens is 294 g/mol. The van der Waals surface area contributed by atoms with Crippen molar-refractivity contribution < 1.29 is 14.3 Å². The van der Waals surface area contributed by atoms with Crippen LogP contribution >= 0.6 is 11.6 Å². The van der Waals surface area contributed by atoms with E-state index in [1.54, 1.807) is 11.0 Å². The van der Waals surface area contributed by atoms with Crippen molar-refractivity contribution >= 4 is 23.4 Å². The highest BCUT2D eigenvalue weighted by Gasteiger charge is 2.30. The van der Waals surface area contributed by atoms with Gasteiger partial charge >= 0.3 is 6.09 Å². The van der Waals surface area contributed by atoms with Gasteiger partial charge in [-0.1, -0.05) is 11.6 Å². The molecule has 1 saturated heterocycles.